The van der Waals surface area contributed by atoms with E-state index in [2.05, 4.69) is 10.6 Å². The molecule has 0 spiro atoms. The average molecular weight is 293 g/mol. The van der Waals surface area contributed by atoms with Crippen molar-refractivity contribution in [3.05, 3.63) is 41.4 Å². The Morgan fingerprint density at radius 2 is 2.05 bits per heavy atom. The van der Waals surface area contributed by atoms with E-state index in [1.165, 1.54) is 18.2 Å². The highest BCUT2D eigenvalue weighted by molar-refractivity contribution is 5.96. The summed E-state index contributed by atoms with van der Waals surface area (Å²) in [6.07, 6.45) is 0. The van der Waals surface area contributed by atoms with E-state index in [4.69, 9.17) is 4.74 Å². The van der Waals surface area contributed by atoms with Crippen LogP contribution in [0.3, 0.4) is 0 Å². The van der Waals surface area contributed by atoms with Crippen molar-refractivity contribution in [2.45, 2.75) is 0 Å². The average Bonchev–Trinajstić information content (AvgIpc) is 2.74. The van der Waals surface area contributed by atoms with Crippen LogP contribution in [0.25, 0.3) is 0 Å². The summed E-state index contributed by atoms with van der Waals surface area (Å²) in [5, 5.41) is 4.92. The molecule has 0 atom stereocenters. The fraction of sp³-hybridized carbons (Fsp3) is 0.286. The number of rotatable bonds is 4. The maximum Gasteiger partial charge on any atom is 0.337 e. The van der Waals surface area contributed by atoms with E-state index in [1.54, 1.807) is 25.1 Å². The van der Waals surface area contributed by atoms with Gasteiger partial charge < -0.3 is 20.3 Å². The number of hydrogen-bond acceptors (Lipinski definition) is 4. The fourth-order valence-corrected chi connectivity index (χ4v) is 1.88. The highest BCUT2D eigenvalue weighted by Crippen LogP contribution is 2.16. The van der Waals surface area contributed by atoms with E-state index in [0.29, 0.717) is 17.8 Å². The largest absolute Gasteiger partial charge is 0.456 e. The maximum atomic E-state index is 13.4. The molecular formula is C14H16FN3O3. The number of carbonyl (C=O) groups excluding carboxylic acids is 2. The van der Waals surface area contributed by atoms with Crippen molar-refractivity contribution >= 4 is 17.7 Å². The summed E-state index contributed by atoms with van der Waals surface area (Å²) in [5.41, 5.74) is 0.848. The first-order valence-corrected chi connectivity index (χ1v) is 6.34. The van der Waals surface area contributed by atoms with Gasteiger partial charge in [0.25, 0.3) is 0 Å². The zero-order valence-corrected chi connectivity index (χ0v) is 11.8. The van der Waals surface area contributed by atoms with Gasteiger partial charge in [0, 0.05) is 6.54 Å². The molecule has 0 saturated heterocycles. The van der Waals surface area contributed by atoms with E-state index in [1.807, 2.05) is 0 Å². The van der Waals surface area contributed by atoms with Gasteiger partial charge in [-0.05, 0) is 26.2 Å². The third kappa shape index (κ3) is 3.79. The van der Waals surface area contributed by atoms with Crippen molar-refractivity contribution in [3.8, 4) is 0 Å². The number of nitrogens with zero attached hydrogens (tertiary/aromatic N) is 1. The second-order valence-corrected chi connectivity index (χ2v) is 4.83. The Morgan fingerprint density at radius 3 is 2.71 bits per heavy atom. The number of likely N-dealkylation sites (N-methyl/N-ethyl adjacent to an activating group) is 1. The fourth-order valence-electron chi connectivity index (χ4n) is 1.88. The minimum Gasteiger partial charge on any atom is -0.456 e. The number of carbonyl (C=O) groups is 2. The number of benzene rings is 1. The zero-order valence-electron chi connectivity index (χ0n) is 11.8. The van der Waals surface area contributed by atoms with Gasteiger partial charge in [-0.2, -0.15) is 0 Å². The highest BCUT2D eigenvalue weighted by atomic mass is 19.1. The summed E-state index contributed by atoms with van der Waals surface area (Å²) in [7, 11) is 3.60. The predicted octanol–water partition coefficient (Wildman–Crippen LogP) is 1.32. The van der Waals surface area contributed by atoms with Gasteiger partial charge in [-0.3, -0.25) is 0 Å². The molecule has 2 rings (SSSR count). The van der Waals surface area contributed by atoms with Crippen LogP contribution in [0.1, 0.15) is 0 Å². The van der Waals surface area contributed by atoms with Gasteiger partial charge in [0.15, 0.2) is 0 Å². The number of ether oxygens (including phenoxy) is 1. The smallest absolute Gasteiger partial charge is 0.337 e. The molecule has 0 radical (unpaired) electrons. The van der Waals surface area contributed by atoms with E-state index >= 15 is 0 Å². The summed E-state index contributed by atoms with van der Waals surface area (Å²) in [5.74, 6) is -0.987. The Balaban J connectivity index is 2.06. The van der Waals surface area contributed by atoms with Gasteiger partial charge in [0.2, 0.25) is 0 Å². The number of nitrogens with one attached hydrogen (secondary N) is 2. The molecule has 2 amide bonds. The lowest BCUT2D eigenvalue weighted by atomic mass is 10.2. The first-order valence-electron chi connectivity index (χ1n) is 6.34. The highest BCUT2D eigenvalue weighted by Gasteiger charge is 2.26. The Hall–Kier alpha value is -2.41. The molecule has 112 valence electrons. The summed E-state index contributed by atoms with van der Waals surface area (Å²) < 4.78 is 18.3. The Kier molecular flexibility index (Phi) is 4.54. The molecule has 6 nitrogen and oxygen atoms in total. The molecule has 0 aliphatic carbocycles. The van der Waals surface area contributed by atoms with E-state index in [9.17, 15) is 14.0 Å². The van der Waals surface area contributed by atoms with Crippen molar-refractivity contribution in [1.29, 1.82) is 0 Å². The SMILES string of the molecule is CN(C)CC1=C(NC(=O)Nc2ccccc2F)COC1=O. The van der Waals surface area contributed by atoms with Crippen LogP contribution in [-0.4, -0.2) is 44.1 Å². The van der Waals surface area contributed by atoms with E-state index in [0.717, 1.165) is 0 Å². The van der Waals surface area contributed by atoms with Crippen LogP contribution in [0.2, 0.25) is 0 Å². The lowest BCUT2D eigenvalue weighted by molar-refractivity contribution is -0.136. The van der Waals surface area contributed by atoms with Gasteiger partial charge in [0.05, 0.1) is 17.0 Å². The molecule has 1 aromatic rings. The number of anilines is 1. The summed E-state index contributed by atoms with van der Waals surface area (Å²) in [6, 6.07) is 5.20. The number of halogens is 1. The van der Waals surface area contributed by atoms with Gasteiger partial charge >= 0.3 is 12.0 Å². The number of para-hydroxylation sites is 1. The second-order valence-electron chi connectivity index (χ2n) is 4.83. The Labute approximate surface area is 121 Å². The molecule has 0 saturated carbocycles. The molecule has 0 bridgehead atoms. The molecule has 0 aromatic heterocycles. The van der Waals surface area contributed by atoms with Crippen LogP contribution in [0.5, 0.6) is 0 Å². The normalized spacial score (nSPS) is 14.4. The number of hydrogen-bond donors (Lipinski definition) is 2. The number of cyclic esters (lactones) is 1. The second kappa shape index (κ2) is 6.36. The van der Waals surface area contributed by atoms with E-state index < -0.39 is 17.8 Å². The molecule has 1 aliphatic rings. The number of amides is 2. The zero-order chi connectivity index (χ0) is 15.4. The van der Waals surface area contributed by atoms with Gasteiger partial charge in [-0.15, -0.1) is 0 Å². The summed E-state index contributed by atoms with van der Waals surface area (Å²) in [6.45, 7) is 0.362. The minimum atomic E-state index is -0.621. The molecule has 7 heteroatoms. The topological polar surface area (TPSA) is 70.7 Å². The molecule has 1 heterocycles. The van der Waals surface area contributed by atoms with Crippen LogP contribution < -0.4 is 10.6 Å². The van der Waals surface area contributed by atoms with Gasteiger partial charge in [0.1, 0.15) is 12.4 Å². The molecule has 0 unspecified atom stereocenters. The standard InChI is InChI=1S/C14H16FN3O3/c1-18(2)7-9-12(8-21-13(9)19)17-14(20)16-11-6-4-3-5-10(11)15/h3-6H,7-8H2,1-2H3,(H2,16,17,20). The summed E-state index contributed by atoms with van der Waals surface area (Å²) >= 11 is 0. The predicted molar refractivity (Wildman–Crippen MR) is 75.1 cm³/mol. The van der Waals surface area contributed by atoms with E-state index in [-0.39, 0.29) is 12.3 Å². The molecule has 1 aliphatic heterocycles. The quantitative estimate of drug-likeness (QED) is 0.821. The lowest BCUT2D eigenvalue weighted by Crippen LogP contribution is -2.31. The monoisotopic (exact) mass is 293 g/mol. The minimum absolute atomic E-state index is 0.00665. The first kappa shape index (κ1) is 15.0. The Bertz CT molecular complexity index is 599. The van der Waals surface area contributed by atoms with Crippen molar-refractivity contribution < 1.29 is 18.7 Å². The first-order chi connectivity index (χ1) is 9.97. The van der Waals surface area contributed by atoms with Crippen molar-refractivity contribution in [2.75, 3.05) is 32.6 Å². The molecular weight excluding hydrogens is 277 g/mol. The summed E-state index contributed by atoms with van der Waals surface area (Å²) in [4.78, 5) is 25.2. The lowest BCUT2D eigenvalue weighted by Gasteiger charge is -2.11. The van der Waals surface area contributed by atoms with Crippen molar-refractivity contribution in [2.24, 2.45) is 0 Å². The Morgan fingerprint density at radius 1 is 1.33 bits per heavy atom. The number of urea groups is 1. The van der Waals surface area contributed by atoms with Crippen LogP contribution in [0.15, 0.2) is 35.5 Å². The molecule has 21 heavy (non-hydrogen) atoms. The van der Waals surface area contributed by atoms with Crippen LogP contribution in [0, 0.1) is 5.82 Å². The molecule has 0 fully saturated rings. The third-order valence-corrected chi connectivity index (χ3v) is 2.82. The van der Waals surface area contributed by atoms with Crippen LogP contribution in [-0.2, 0) is 9.53 Å². The number of esters is 1. The maximum absolute atomic E-state index is 13.4. The van der Waals surface area contributed by atoms with Crippen molar-refractivity contribution in [3.63, 3.8) is 0 Å². The molecule has 2 N–H and O–H groups in total. The molecule has 1 aromatic carbocycles. The van der Waals surface area contributed by atoms with Gasteiger partial charge in [-0.1, -0.05) is 12.1 Å². The van der Waals surface area contributed by atoms with Gasteiger partial charge in [-0.25, -0.2) is 14.0 Å². The van der Waals surface area contributed by atoms with Crippen molar-refractivity contribution in [1.82, 2.24) is 10.2 Å². The van der Waals surface area contributed by atoms with Crippen LogP contribution in [0.4, 0.5) is 14.9 Å². The van der Waals surface area contributed by atoms with Crippen LogP contribution >= 0.6 is 0 Å². The third-order valence-electron chi connectivity index (χ3n) is 2.82.